The van der Waals surface area contributed by atoms with Crippen molar-refractivity contribution in [2.24, 2.45) is 0 Å². The molecule has 1 aliphatic heterocycles. The lowest BCUT2D eigenvalue weighted by Gasteiger charge is -2.22. The molecular weight excluding hydrogens is 348 g/mol. The zero-order valence-corrected chi connectivity index (χ0v) is 18.6. The van der Waals surface area contributed by atoms with Crippen molar-refractivity contribution in [3.05, 3.63) is 12.2 Å². The average molecular weight is 393 g/mol. The molecule has 0 saturated heterocycles. The summed E-state index contributed by atoms with van der Waals surface area (Å²) in [6, 6.07) is 0. The Kier molecular flexibility index (Phi) is 14.7. The van der Waals surface area contributed by atoms with Crippen molar-refractivity contribution in [1.29, 1.82) is 0 Å². The van der Waals surface area contributed by atoms with Gasteiger partial charge >= 0.3 is 0 Å². The Bertz CT molecular complexity index is 408. The summed E-state index contributed by atoms with van der Waals surface area (Å²) in [4.78, 5) is 28.0. The first-order valence-electron chi connectivity index (χ1n) is 11.7. The van der Waals surface area contributed by atoms with E-state index in [4.69, 9.17) is 0 Å². The number of nitrogens with zero attached hydrogens (tertiary/aromatic N) is 2. The van der Waals surface area contributed by atoms with Gasteiger partial charge in [-0.2, -0.15) is 0 Å². The minimum absolute atomic E-state index is 0.209. The summed E-state index contributed by atoms with van der Waals surface area (Å²) < 4.78 is 0. The molecule has 0 aliphatic carbocycles. The van der Waals surface area contributed by atoms with Crippen LogP contribution in [0.25, 0.3) is 0 Å². The molecular formula is C24H44N2O2. The van der Waals surface area contributed by atoms with Gasteiger partial charge in [0.2, 0.25) is 11.8 Å². The Labute approximate surface area is 173 Å². The Morgan fingerprint density at radius 2 is 0.857 bits per heavy atom. The fourth-order valence-corrected chi connectivity index (χ4v) is 3.66. The summed E-state index contributed by atoms with van der Waals surface area (Å²) in [5.74, 6) is 0.417. The number of allylic oxidation sites excluding steroid dienone is 2. The van der Waals surface area contributed by atoms with Crippen molar-refractivity contribution in [2.45, 2.75) is 103 Å². The van der Waals surface area contributed by atoms with E-state index in [1.54, 1.807) is 9.80 Å². The second-order valence-corrected chi connectivity index (χ2v) is 8.42. The van der Waals surface area contributed by atoms with Crippen LogP contribution >= 0.6 is 0 Å². The van der Waals surface area contributed by atoms with Gasteiger partial charge in [-0.25, -0.2) is 0 Å². The van der Waals surface area contributed by atoms with Crippen LogP contribution < -0.4 is 0 Å². The monoisotopic (exact) mass is 392 g/mol. The predicted molar refractivity (Wildman–Crippen MR) is 118 cm³/mol. The molecule has 0 aromatic heterocycles. The Balaban J connectivity index is 2.35. The molecule has 0 N–H and O–H groups in total. The minimum Gasteiger partial charge on any atom is -0.344 e. The van der Waals surface area contributed by atoms with E-state index in [-0.39, 0.29) is 11.8 Å². The SMILES string of the molecule is CN1CCN(C)C(=O)CCCCCCCC/C=C/CCCCCCCCC1=O. The van der Waals surface area contributed by atoms with Crippen molar-refractivity contribution in [3.63, 3.8) is 0 Å². The van der Waals surface area contributed by atoms with Crippen molar-refractivity contribution in [3.8, 4) is 0 Å². The molecule has 1 heterocycles. The molecule has 0 aromatic rings. The first kappa shape index (κ1) is 24.7. The second-order valence-electron chi connectivity index (χ2n) is 8.42. The van der Waals surface area contributed by atoms with Crippen LogP contribution in [0.4, 0.5) is 0 Å². The van der Waals surface area contributed by atoms with Gasteiger partial charge in [0, 0.05) is 40.0 Å². The number of likely N-dealkylation sites (N-methyl/N-ethyl adjacent to an activating group) is 2. The highest BCUT2D eigenvalue weighted by atomic mass is 16.2. The van der Waals surface area contributed by atoms with E-state index in [0.717, 1.165) is 25.7 Å². The van der Waals surface area contributed by atoms with Gasteiger partial charge in [-0.15, -0.1) is 0 Å². The molecule has 0 radical (unpaired) electrons. The van der Waals surface area contributed by atoms with Crippen molar-refractivity contribution < 1.29 is 9.59 Å². The third-order valence-corrected chi connectivity index (χ3v) is 5.81. The largest absolute Gasteiger partial charge is 0.344 e. The van der Waals surface area contributed by atoms with Crippen LogP contribution in [-0.2, 0) is 9.59 Å². The van der Waals surface area contributed by atoms with E-state index < -0.39 is 0 Å². The molecule has 162 valence electrons. The normalized spacial score (nSPS) is 23.2. The first-order chi connectivity index (χ1) is 13.6. The highest BCUT2D eigenvalue weighted by Gasteiger charge is 2.12. The van der Waals surface area contributed by atoms with Crippen molar-refractivity contribution in [2.75, 3.05) is 27.2 Å². The maximum absolute atomic E-state index is 12.2. The van der Waals surface area contributed by atoms with Crippen molar-refractivity contribution >= 4 is 11.8 Å². The van der Waals surface area contributed by atoms with E-state index in [9.17, 15) is 9.59 Å². The molecule has 1 rings (SSSR count). The third kappa shape index (κ3) is 13.0. The number of carbonyl (C=O) groups excluding carboxylic acids is 2. The zero-order chi connectivity index (χ0) is 20.5. The fraction of sp³-hybridized carbons (Fsp3) is 0.833. The van der Waals surface area contributed by atoms with E-state index >= 15 is 0 Å². The molecule has 0 unspecified atom stereocenters. The zero-order valence-electron chi connectivity index (χ0n) is 18.6. The highest BCUT2D eigenvalue weighted by Crippen LogP contribution is 2.12. The summed E-state index contributed by atoms with van der Waals surface area (Å²) in [6.45, 7) is 1.27. The molecule has 0 fully saturated rings. The lowest BCUT2D eigenvalue weighted by molar-refractivity contribution is -0.133. The van der Waals surface area contributed by atoms with Gasteiger partial charge in [-0.05, 0) is 38.5 Å². The summed E-state index contributed by atoms with van der Waals surface area (Å²) in [7, 11) is 3.72. The van der Waals surface area contributed by atoms with Crippen LogP contribution in [0, 0.1) is 0 Å². The standard InChI is InChI=1S/C24H44N2O2/c1-25-21-22-26(2)24(28)20-18-16-14-12-10-8-6-4-3-5-7-9-11-13-15-17-19-23(25)27/h3-4H,5-22H2,1-2H3/b4-3+. The topological polar surface area (TPSA) is 40.6 Å². The molecule has 0 spiro atoms. The summed E-state index contributed by atoms with van der Waals surface area (Å²) in [5.41, 5.74) is 0. The number of hydrogen-bond acceptors (Lipinski definition) is 2. The van der Waals surface area contributed by atoms with Gasteiger partial charge in [0.25, 0.3) is 0 Å². The summed E-state index contributed by atoms with van der Waals surface area (Å²) >= 11 is 0. The van der Waals surface area contributed by atoms with E-state index in [0.29, 0.717) is 25.9 Å². The average Bonchev–Trinajstić information content (AvgIpc) is 2.69. The Hall–Kier alpha value is -1.32. The maximum Gasteiger partial charge on any atom is 0.222 e. The van der Waals surface area contributed by atoms with E-state index in [1.165, 1.54) is 64.2 Å². The molecule has 28 heavy (non-hydrogen) atoms. The van der Waals surface area contributed by atoms with E-state index in [2.05, 4.69) is 12.2 Å². The van der Waals surface area contributed by atoms with Crippen LogP contribution in [0.3, 0.4) is 0 Å². The molecule has 0 aromatic carbocycles. The maximum atomic E-state index is 12.2. The third-order valence-electron chi connectivity index (χ3n) is 5.81. The number of rotatable bonds is 0. The van der Waals surface area contributed by atoms with Gasteiger partial charge in [0.05, 0.1) is 0 Å². The predicted octanol–water partition coefficient (Wildman–Crippen LogP) is 5.71. The van der Waals surface area contributed by atoms with Crippen LogP contribution in [0.1, 0.15) is 103 Å². The summed E-state index contributed by atoms with van der Waals surface area (Å²) in [5, 5.41) is 0. The second kappa shape index (κ2) is 16.6. The number of amides is 2. The van der Waals surface area contributed by atoms with Gasteiger partial charge < -0.3 is 9.80 Å². The fourth-order valence-electron chi connectivity index (χ4n) is 3.66. The van der Waals surface area contributed by atoms with Gasteiger partial charge in [0.1, 0.15) is 0 Å². The van der Waals surface area contributed by atoms with Crippen LogP contribution in [0.2, 0.25) is 0 Å². The summed E-state index contributed by atoms with van der Waals surface area (Å²) in [6.07, 6.45) is 22.9. The number of hydrogen-bond donors (Lipinski definition) is 0. The molecule has 2 amide bonds. The van der Waals surface area contributed by atoms with Gasteiger partial charge in [-0.3, -0.25) is 9.59 Å². The molecule has 4 heteroatoms. The smallest absolute Gasteiger partial charge is 0.222 e. The van der Waals surface area contributed by atoms with E-state index in [1.807, 2.05) is 14.1 Å². The molecule has 4 nitrogen and oxygen atoms in total. The minimum atomic E-state index is 0.209. The van der Waals surface area contributed by atoms with Crippen molar-refractivity contribution in [1.82, 2.24) is 9.80 Å². The highest BCUT2D eigenvalue weighted by molar-refractivity contribution is 5.77. The molecule has 0 atom stereocenters. The number of carbonyl (C=O) groups is 2. The first-order valence-corrected chi connectivity index (χ1v) is 11.7. The van der Waals surface area contributed by atoms with Crippen LogP contribution in [0.15, 0.2) is 12.2 Å². The Morgan fingerprint density at radius 3 is 1.25 bits per heavy atom. The molecule has 0 bridgehead atoms. The molecule has 0 saturated carbocycles. The lowest BCUT2D eigenvalue weighted by atomic mass is 10.1. The molecule has 1 aliphatic rings. The lowest BCUT2D eigenvalue weighted by Crippen LogP contribution is -2.37. The van der Waals surface area contributed by atoms with Crippen LogP contribution in [0.5, 0.6) is 0 Å². The van der Waals surface area contributed by atoms with Gasteiger partial charge in [0.15, 0.2) is 0 Å². The quantitative estimate of drug-likeness (QED) is 0.495. The Morgan fingerprint density at radius 1 is 0.536 bits per heavy atom. The van der Waals surface area contributed by atoms with Crippen LogP contribution in [-0.4, -0.2) is 48.8 Å². The van der Waals surface area contributed by atoms with Gasteiger partial charge in [-0.1, -0.05) is 63.5 Å².